The van der Waals surface area contributed by atoms with Crippen LogP contribution in [0.25, 0.3) is 5.69 Å². The molecule has 4 rings (SSSR count). The molecule has 1 N–H and O–H groups in total. The van der Waals surface area contributed by atoms with Gasteiger partial charge in [-0.25, -0.2) is 4.68 Å². The average Bonchev–Trinajstić information content (AvgIpc) is 3.35. The Hall–Kier alpha value is -2.87. The number of carbonyl (C=O) groups is 1. The number of piperidine rings is 1. The van der Waals surface area contributed by atoms with Gasteiger partial charge in [0.15, 0.2) is 5.96 Å². The Kier molecular flexibility index (Phi) is 6.63. The summed E-state index contributed by atoms with van der Waals surface area (Å²) in [5, 5.41) is 7.76. The predicted molar refractivity (Wildman–Crippen MR) is 115 cm³/mol. The Bertz CT molecular complexity index is 852. The number of rotatable bonds is 4. The van der Waals surface area contributed by atoms with Gasteiger partial charge in [-0.05, 0) is 36.6 Å². The molecule has 0 atom stereocenters. The molecule has 1 aromatic heterocycles. The molecule has 1 aromatic carbocycles. The molecule has 2 aliphatic heterocycles. The number of likely N-dealkylation sites (tertiary alicyclic amines) is 1. The molecule has 8 heteroatoms. The van der Waals surface area contributed by atoms with Gasteiger partial charge >= 0.3 is 0 Å². The van der Waals surface area contributed by atoms with Crippen LogP contribution in [0.15, 0.2) is 47.7 Å². The van der Waals surface area contributed by atoms with Crippen molar-refractivity contribution in [2.75, 3.05) is 46.4 Å². The van der Waals surface area contributed by atoms with Gasteiger partial charge in [0.2, 0.25) is 5.91 Å². The first-order chi connectivity index (χ1) is 14.7. The number of hydrogen-bond donors (Lipinski definition) is 1. The molecule has 0 unspecified atom stereocenters. The summed E-state index contributed by atoms with van der Waals surface area (Å²) < 4.78 is 7.22. The van der Waals surface area contributed by atoms with Crippen LogP contribution in [0.4, 0.5) is 0 Å². The number of nitrogens with one attached hydrogen (secondary N) is 1. The van der Waals surface area contributed by atoms with Crippen LogP contribution in [0.3, 0.4) is 0 Å². The number of hydrogen-bond acceptors (Lipinski definition) is 4. The van der Waals surface area contributed by atoms with E-state index >= 15 is 0 Å². The van der Waals surface area contributed by atoms with Crippen LogP contribution in [-0.2, 0) is 16.1 Å². The molecule has 0 radical (unpaired) electrons. The van der Waals surface area contributed by atoms with Gasteiger partial charge in [-0.15, -0.1) is 0 Å². The molecule has 8 nitrogen and oxygen atoms in total. The summed E-state index contributed by atoms with van der Waals surface area (Å²) in [4.78, 5) is 21.4. The van der Waals surface area contributed by atoms with Gasteiger partial charge in [0.1, 0.15) is 0 Å². The minimum absolute atomic E-state index is 0.114. The third kappa shape index (κ3) is 4.81. The molecule has 0 bridgehead atoms. The number of amides is 1. The lowest BCUT2D eigenvalue weighted by Gasteiger charge is -2.36. The Morgan fingerprint density at radius 1 is 1.17 bits per heavy atom. The Morgan fingerprint density at radius 3 is 2.67 bits per heavy atom. The minimum atomic E-state index is 0.114. The Balaban J connectivity index is 1.29. The minimum Gasteiger partial charge on any atom is -0.378 e. The van der Waals surface area contributed by atoms with Gasteiger partial charge in [0.25, 0.3) is 0 Å². The standard InChI is InChI=1S/C22H30N6O2/c1-23-22(24-17-18-4-2-5-20(16-18)28-9-3-8-25-28)27-10-6-19(7-11-27)21(29)26-12-14-30-15-13-26/h2-5,8-9,16,19H,6-7,10-15,17H2,1H3,(H,23,24). The van der Waals surface area contributed by atoms with Crippen molar-refractivity contribution < 1.29 is 9.53 Å². The summed E-state index contributed by atoms with van der Waals surface area (Å²) in [7, 11) is 1.81. The van der Waals surface area contributed by atoms with E-state index in [9.17, 15) is 4.79 Å². The number of ether oxygens (including phenoxy) is 1. The van der Waals surface area contributed by atoms with Gasteiger partial charge in [-0.2, -0.15) is 5.10 Å². The summed E-state index contributed by atoms with van der Waals surface area (Å²) in [6, 6.07) is 10.2. The van der Waals surface area contributed by atoms with E-state index in [1.54, 1.807) is 6.20 Å². The first-order valence-corrected chi connectivity index (χ1v) is 10.7. The molecule has 0 spiro atoms. The Morgan fingerprint density at radius 2 is 1.97 bits per heavy atom. The molecule has 1 amide bonds. The number of carbonyl (C=O) groups excluding carboxylic acids is 1. The van der Waals surface area contributed by atoms with Crippen molar-refractivity contribution in [1.82, 2.24) is 24.9 Å². The number of guanidine groups is 1. The van der Waals surface area contributed by atoms with Gasteiger partial charge in [0.05, 0.1) is 18.9 Å². The van der Waals surface area contributed by atoms with Crippen LogP contribution >= 0.6 is 0 Å². The summed E-state index contributed by atoms with van der Waals surface area (Å²) >= 11 is 0. The van der Waals surface area contributed by atoms with E-state index in [1.165, 1.54) is 5.56 Å². The van der Waals surface area contributed by atoms with E-state index in [0.717, 1.165) is 50.7 Å². The van der Waals surface area contributed by atoms with Crippen molar-refractivity contribution in [2.45, 2.75) is 19.4 Å². The molecule has 2 fully saturated rings. The van der Waals surface area contributed by atoms with Crippen LogP contribution in [0, 0.1) is 5.92 Å². The highest BCUT2D eigenvalue weighted by atomic mass is 16.5. The van der Waals surface area contributed by atoms with E-state index in [-0.39, 0.29) is 11.8 Å². The van der Waals surface area contributed by atoms with E-state index in [4.69, 9.17) is 4.74 Å². The van der Waals surface area contributed by atoms with Gasteiger partial charge in [0, 0.05) is 58.1 Å². The quantitative estimate of drug-likeness (QED) is 0.611. The van der Waals surface area contributed by atoms with E-state index in [2.05, 4.69) is 32.4 Å². The third-order valence-corrected chi connectivity index (χ3v) is 5.81. The van der Waals surface area contributed by atoms with Crippen LogP contribution in [-0.4, -0.2) is 77.9 Å². The highest BCUT2D eigenvalue weighted by Gasteiger charge is 2.30. The zero-order chi connectivity index (χ0) is 20.8. The Labute approximate surface area is 177 Å². The van der Waals surface area contributed by atoms with Crippen LogP contribution in [0.2, 0.25) is 0 Å². The summed E-state index contributed by atoms with van der Waals surface area (Å²) in [6.45, 7) is 5.13. The first-order valence-electron chi connectivity index (χ1n) is 10.7. The fourth-order valence-electron chi connectivity index (χ4n) is 4.12. The number of aromatic nitrogens is 2. The number of nitrogens with zero attached hydrogens (tertiary/aromatic N) is 5. The topological polar surface area (TPSA) is 75.0 Å². The first kappa shape index (κ1) is 20.4. The highest BCUT2D eigenvalue weighted by molar-refractivity contribution is 5.81. The lowest BCUT2D eigenvalue weighted by Crippen LogP contribution is -2.49. The van der Waals surface area contributed by atoms with Crippen molar-refractivity contribution in [3.8, 4) is 5.69 Å². The second-order valence-electron chi connectivity index (χ2n) is 7.72. The molecular formula is C22H30N6O2. The van der Waals surface area contributed by atoms with E-state index in [0.29, 0.717) is 19.8 Å². The summed E-state index contributed by atoms with van der Waals surface area (Å²) in [6.07, 6.45) is 5.45. The number of morpholine rings is 1. The van der Waals surface area contributed by atoms with Gasteiger partial charge < -0.3 is 19.9 Å². The molecule has 2 aromatic rings. The van der Waals surface area contributed by atoms with Crippen molar-refractivity contribution in [2.24, 2.45) is 10.9 Å². The molecule has 160 valence electrons. The second-order valence-corrected chi connectivity index (χ2v) is 7.72. The highest BCUT2D eigenvalue weighted by Crippen LogP contribution is 2.20. The average molecular weight is 411 g/mol. The fourth-order valence-corrected chi connectivity index (χ4v) is 4.12. The van der Waals surface area contributed by atoms with E-state index < -0.39 is 0 Å². The second kappa shape index (κ2) is 9.75. The maximum absolute atomic E-state index is 12.7. The zero-order valence-corrected chi connectivity index (χ0v) is 17.5. The zero-order valence-electron chi connectivity index (χ0n) is 17.5. The maximum Gasteiger partial charge on any atom is 0.225 e. The smallest absolute Gasteiger partial charge is 0.225 e. The van der Waals surface area contributed by atoms with Crippen molar-refractivity contribution in [1.29, 1.82) is 0 Å². The van der Waals surface area contributed by atoms with Gasteiger partial charge in [-0.1, -0.05) is 12.1 Å². The molecule has 0 saturated carbocycles. The van der Waals surface area contributed by atoms with Gasteiger partial charge in [-0.3, -0.25) is 9.79 Å². The number of aliphatic imine (C=N–C) groups is 1. The summed E-state index contributed by atoms with van der Waals surface area (Å²) in [5.74, 6) is 1.29. The fraction of sp³-hybridized carbons (Fsp3) is 0.500. The molecule has 2 aliphatic rings. The van der Waals surface area contributed by atoms with Crippen molar-refractivity contribution in [3.63, 3.8) is 0 Å². The molecule has 30 heavy (non-hydrogen) atoms. The number of benzene rings is 1. The lowest BCUT2D eigenvalue weighted by atomic mass is 9.95. The van der Waals surface area contributed by atoms with Crippen LogP contribution in [0.1, 0.15) is 18.4 Å². The largest absolute Gasteiger partial charge is 0.378 e. The van der Waals surface area contributed by atoms with E-state index in [1.807, 2.05) is 41.0 Å². The van der Waals surface area contributed by atoms with Crippen molar-refractivity contribution >= 4 is 11.9 Å². The van der Waals surface area contributed by atoms with Crippen LogP contribution < -0.4 is 5.32 Å². The SMILES string of the molecule is CN=C(NCc1cccc(-n2cccn2)c1)N1CCC(C(=O)N2CCOCC2)CC1. The molecular weight excluding hydrogens is 380 g/mol. The lowest BCUT2D eigenvalue weighted by molar-refractivity contribution is -0.140. The normalized spacial score (nSPS) is 18.5. The molecule has 2 saturated heterocycles. The monoisotopic (exact) mass is 410 g/mol. The predicted octanol–water partition coefficient (Wildman–Crippen LogP) is 1.52. The summed E-state index contributed by atoms with van der Waals surface area (Å²) in [5.41, 5.74) is 2.21. The van der Waals surface area contributed by atoms with Crippen LogP contribution in [0.5, 0.6) is 0 Å². The molecule has 0 aliphatic carbocycles. The maximum atomic E-state index is 12.7. The molecule has 3 heterocycles. The third-order valence-electron chi connectivity index (χ3n) is 5.81. The van der Waals surface area contributed by atoms with Crippen molar-refractivity contribution in [3.05, 3.63) is 48.3 Å².